The molecule has 78 valence electrons. The van der Waals surface area contributed by atoms with Crippen LogP contribution in [-0.4, -0.2) is 9.97 Å². The molecule has 15 heavy (non-hydrogen) atoms. The van der Waals surface area contributed by atoms with Gasteiger partial charge in [0.2, 0.25) is 0 Å². The molecule has 0 fully saturated rings. The molecule has 0 atom stereocenters. The van der Waals surface area contributed by atoms with E-state index in [1.54, 1.807) is 12.3 Å². The second kappa shape index (κ2) is 4.69. The van der Waals surface area contributed by atoms with E-state index in [2.05, 4.69) is 9.97 Å². The van der Waals surface area contributed by atoms with Crippen molar-refractivity contribution in [1.29, 1.82) is 0 Å². The van der Waals surface area contributed by atoms with E-state index in [1.165, 1.54) is 0 Å². The van der Waals surface area contributed by atoms with E-state index in [-0.39, 0.29) is 0 Å². The maximum atomic E-state index is 6.07. The number of hydrogen-bond donors (Lipinski definition) is 1. The van der Waals surface area contributed by atoms with Crippen LogP contribution in [0.25, 0.3) is 0 Å². The molecule has 2 aromatic rings. The fourth-order valence-electron chi connectivity index (χ4n) is 1.43. The van der Waals surface area contributed by atoms with Gasteiger partial charge in [-0.3, -0.25) is 0 Å². The number of hydrogen-bond acceptors (Lipinski definition) is 1. The first-order valence-electron chi connectivity index (χ1n) is 4.68. The summed E-state index contributed by atoms with van der Waals surface area (Å²) in [6, 6.07) is 5.68. The van der Waals surface area contributed by atoms with Gasteiger partial charge in [-0.15, -0.1) is 0 Å². The first-order valence-corrected chi connectivity index (χ1v) is 5.44. The molecule has 0 aliphatic rings. The van der Waals surface area contributed by atoms with Crippen LogP contribution in [0.1, 0.15) is 11.4 Å². The number of rotatable bonds is 3. The maximum Gasteiger partial charge on any atom is 0.106 e. The summed E-state index contributed by atoms with van der Waals surface area (Å²) in [6.45, 7) is 0. The summed E-state index contributed by atoms with van der Waals surface area (Å²) in [5.41, 5.74) is 1.06. The fraction of sp³-hybridized carbons (Fsp3) is 0.182. The molecule has 4 heteroatoms. The monoisotopic (exact) mass is 240 g/mol. The fourth-order valence-corrected chi connectivity index (χ4v) is 1.84. The van der Waals surface area contributed by atoms with Crippen LogP contribution in [0, 0.1) is 0 Å². The third kappa shape index (κ3) is 2.52. The molecule has 0 spiro atoms. The van der Waals surface area contributed by atoms with Crippen molar-refractivity contribution in [3.8, 4) is 0 Å². The van der Waals surface area contributed by atoms with Gasteiger partial charge in [-0.1, -0.05) is 35.3 Å². The second-order valence-corrected chi connectivity index (χ2v) is 4.03. The molecule has 1 aromatic heterocycles. The minimum atomic E-state index is 0.605. The van der Waals surface area contributed by atoms with Gasteiger partial charge in [0.25, 0.3) is 0 Å². The van der Waals surface area contributed by atoms with Crippen molar-refractivity contribution in [3.05, 3.63) is 52.0 Å². The van der Waals surface area contributed by atoms with Gasteiger partial charge < -0.3 is 4.98 Å². The van der Waals surface area contributed by atoms with Crippen LogP contribution in [-0.2, 0) is 12.8 Å². The summed E-state index contributed by atoms with van der Waals surface area (Å²) >= 11 is 12.0. The van der Waals surface area contributed by atoms with Gasteiger partial charge in [-0.05, 0) is 18.1 Å². The Kier molecular flexibility index (Phi) is 3.29. The number of nitrogens with one attached hydrogen (secondary N) is 1. The number of nitrogens with zero attached hydrogens (tertiary/aromatic N) is 1. The highest BCUT2D eigenvalue weighted by Gasteiger charge is 2.04. The molecule has 2 nitrogen and oxygen atoms in total. The lowest BCUT2D eigenvalue weighted by Crippen LogP contribution is -1.94. The van der Waals surface area contributed by atoms with Crippen LogP contribution in [0.3, 0.4) is 0 Å². The Hall–Kier alpha value is -0.990. The predicted molar refractivity (Wildman–Crippen MR) is 62.5 cm³/mol. The van der Waals surface area contributed by atoms with Crippen molar-refractivity contribution in [2.24, 2.45) is 0 Å². The number of imidazole rings is 1. The molecule has 1 heterocycles. The number of halogens is 2. The second-order valence-electron chi connectivity index (χ2n) is 3.25. The normalized spacial score (nSPS) is 10.5. The smallest absolute Gasteiger partial charge is 0.106 e. The quantitative estimate of drug-likeness (QED) is 0.875. The molecule has 0 unspecified atom stereocenters. The number of aromatic amines is 1. The Bertz CT molecular complexity index is 438. The van der Waals surface area contributed by atoms with E-state index in [0.29, 0.717) is 10.0 Å². The van der Waals surface area contributed by atoms with Crippen molar-refractivity contribution < 1.29 is 0 Å². The van der Waals surface area contributed by atoms with Gasteiger partial charge in [-0.2, -0.15) is 0 Å². The van der Waals surface area contributed by atoms with Gasteiger partial charge in [0.05, 0.1) is 10.0 Å². The van der Waals surface area contributed by atoms with Crippen LogP contribution in [0.4, 0.5) is 0 Å². The average Bonchev–Trinajstić information content (AvgIpc) is 2.73. The van der Waals surface area contributed by atoms with Crippen molar-refractivity contribution in [1.82, 2.24) is 9.97 Å². The van der Waals surface area contributed by atoms with Gasteiger partial charge in [0, 0.05) is 18.8 Å². The third-order valence-electron chi connectivity index (χ3n) is 2.22. The number of benzene rings is 1. The van der Waals surface area contributed by atoms with Gasteiger partial charge in [0.1, 0.15) is 5.82 Å². The van der Waals surface area contributed by atoms with Crippen molar-refractivity contribution >= 4 is 23.2 Å². The molecule has 1 aromatic carbocycles. The molecule has 1 N–H and O–H groups in total. The Balaban J connectivity index is 2.08. The van der Waals surface area contributed by atoms with E-state index >= 15 is 0 Å². The van der Waals surface area contributed by atoms with Crippen molar-refractivity contribution in [2.75, 3.05) is 0 Å². The molecular weight excluding hydrogens is 231 g/mol. The highest BCUT2D eigenvalue weighted by molar-refractivity contribution is 6.42. The minimum Gasteiger partial charge on any atom is -0.349 e. The maximum absolute atomic E-state index is 6.07. The lowest BCUT2D eigenvalue weighted by molar-refractivity contribution is 0.884. The van der Waals surface area contributed by atoms with E-state index in [9.17, 15) is 0 Å². The van der Waals surface area contributed by atoms with E-state index < -0.39 is 0 Å². The van der Waals surface area contributed by atoms with Crippen molar-refractivity contribution in [2.45, 2.75) is 12.8 Å². The summed E-state index contributed by atoms with van der Waals surface area (Å²) in [6.07, 6.45) is 5.24. The molecule has 0 saturated heterocycles. The lowest BCUT2D eigenvalue weighted by Gasteiger charge is -2.04. The summed E-state index contributed by atoms with van der Waals surface area (Å²) in [4.78, 5) is 7.21. The molecule has 0 amide bonds. The van der Waals surface area contributed by atoms with E-state index in [0.717, 1.165) is 24.2 Å². The third-order valence-corrected chi connectivity index (χ3v) is 3.08. The molecule has 0 saturated carbocycles. The number of aromatic nitrogens is 2. The summed E-state index contributed by atoms with van der Waals surface area (Å²) in [5.74, 6) is 0.964. The number of aryl methyl sites for hydroxylation is 2. The Labute approximate surface area is 98.3 Å². The molecule has 0 radical (unpaired) electrons. The first kappa shape index (κ1) is 10.5. The number of H-pyrrole nitrogens is 1. The summed E-state index contributed by atoms with van der Waals surface area (Å²) in [5, 5.41) is 1.25. The Morgan fingerprint density at radius 3 is 2.80 bits per heavy atom. The lowest BCUT2D eigenvalue weighted by atomic mass is 10.1. The van der Waals surface area contributed by atoms with Crippen LogP contribution in [0.15, 0.2) is 30.6 Å². The molecule has 2 rings (SSSR count). The largest absolute Gasteiger partial charge is 0.349 e. The standard InChI is InChI=1S/C11H10Cl2N2/c12-9-3-1-2-8(11(9)13)4-5-10-14-6-7-15-10/h1-3,6-7H,4-5H2,(H,14,15). The zero-order valence-corrected chi connectivity index (χ0v) is 9.52. The SMILES string of the molecule is Clc1cccc(CCc2ncc[nH]2)c1Cl. The molecular formula is C11H10Cl2N2. The predicted octanol–water partition coefficient (Wildman–Crippen LogP) is 3.50. The zero-order chi connectivity index (χ0) is 10.7. The van der Waals surface area contributed by atoms with Gasteiger partial charge in [0.15, 0.2) is 0 Å². The van der Waals surface area contributed by atoms with Crippen molar-refractivity contribution in [3.63, 3.8) is 0 Å². The highest BCUT2D eigenvalue weighted by atomic mass is 35.5. The van der Waals surface area contributed by atoms with Crippen LogP contribution < -0.4 is 0 Å². The first-order chi connectivity index (χ1) is 7.27. The Morgan fingerprint density at radius 2 is 2.07 bits per heavy atom. The van der Waals surface area contributed by atoms with Gasteiger partial charge in [-0.25, -0.2) is 4.98 Å². The van der Waals surface area contributed by atoms with E-state index in [4.69, 9.17) is 23.2 Å². The zero-order valence-electron chi connectivity index (χ0n) is 8.00. The Morgan fingerprint density at radius 1 is 1.20 bits per heavy atom. The van der Waals surface area contributed by atoms with Gasteiger partial charge >= 0.3 is 0 Å². The summed E-state index contributed by atoms with van der Waals surface area (Å²) in [7, 11) is 0. The average molecular weight is 241 g/mol. The van der Waals surface area contributed by atoms with Crippen LogP contribution in [0.2, 0.25) is 10.0 Å². The summed E-state index contributed by atoms with van der Waals surface area (Å²) < 4.78 is 0. The van der Waals surface area contributed by atoms with Crippen LogP contribution in [0.5, 0.6) is 0 Å². The molecule has 0 aliphatic carbocycles. The van der Waals surface area contributed by atoms with Crippen LogP contribution >= 0.6 is 23.2 Å². The molecule has 0 aliphatic heterocycles. The minimum absolute atomic E-state index is 0.605. The van der Waals surface area contributed by atoms with E-state index in [1.807, 2.05) is 18.3 Å². The molecule has 0 bridgehead atoms. The topological polar surface area (TPSA) is 28.7 Å². The highest BCUT2D eigenvalue weighted by Crippen LogP contribution is 2.26.